The van der Waals surface area contributed by atoms with Gasteiger partial charge >= 0.3 is 5.69 Å². The van der Waals surface area contributed by atoms with E-state index < -0.39 is 30.2 Å². The molecule has 0 bridgehead atoms. The molecule has 0 amide bonds. The minimum atomic E-state index is -0.890. The number of aromatic amines is 1. The fourth-order valence-corrected chi connectivity index (χ4v) is 1.73. The van der Waals surface area contributed by atoms with Crippen LogP contribution in [0, 0.1) is 6.92 Å². The molecule has 0 spiro atoms. The predicted octanol–water partition coefficient (Wildman–Crippen LogP) is -1.31. The fourth-order valence-electron chi connectivity index (χ4n) is 1.73. The molecular weight excluding hydrogens is 228 g/mol. The molecular formula is C10H12N2O5. The minimum Gasteiger partial charge on any atom is -0.393 e. The molecule has 0 saturated carbocycles. The lowest BCUT2D eigenvalue weighted by Crippen LogP contribution is -2.33. The van der Waals surface area contributed by atoms with Crippen molar-refractivity contribution in [3.63, 3.8) is 0 Å². The zero-order valence-corrected chi connectivity index (χ0v) is 9.17. The molecule has 0 radical (unpaired) electrons. The van der Waals surface area contributed by atoms with E-state index in [-0.39, 0.29) is 12.2 Å². The zero-order valence-electron chi connectivity index (χ0n) is 9.17. The lowest BCUT2D eigenvalue weighted by Gasteiger charge is -2.13. The highest BCUT2D eigenvalue weighted by molar-refractivity contribution is 5.85. The van der Waals surface area contributed by atoms with Gasteiger partial charge in [-0.3, -0.25) is 19.1 Å². The van der Waals surface area contributed by atoms with E-state index in [0.29, 0.717) is 5.56 Å². The lowest BCUT2D eigenvalue weighted by molar-refractivity contribution is -0.124. The fraction of sp³-hybridized carbons (Fsp3) is 0.500. The standard InChI is InChI=1S/C10H12N2O5/c1-5-3-12(10(16)11-9(5)15)8-2-6(14)7(4-13)17-8/h3,7-8,13H,2,4H2,1H3,(H,11,15,16). The molecule has 1 fully saturated rings. The van der Waals surface area contributed by atoms with Crippen LogP contribution in [0.2, 0.25) is 0 Å². The minimum absolute atomic E-state index is 0.0105. The zero-order chi connectivity index (χ0) is 12.6. The maximum atomic E-state index is 11.5. The van der Waals surface area contributed by atoms with Gasteiger partial charge in [0.2, 0.25) is 0 Å². The number of hydrogen-bond acceptors (Lipinski definition) is 5. The highest BCUT2D eigenvalue weighted by Gasteiger charge is 2.34. The molecule has 7 heteroatoms. The van der Waals surface area contributed by atoms with Crippen molar-refractivity contribution in [2.45, 2.75) is 25.7 Å². The van der Waals surface area contributed by atoms with Crippen LogP contribution in [0.1, 0.15) is 18.2 Å². The molecule has 2 rings (SSSR count). The number of nitrogens with one attached hydrogen (secondary N) is 1. The largest absolute Gasteiger partial charge is 0.393 e. The van der Waals surface area contributed by atoms with Gasteiger partial charge in [-0.2, -0.15) is 0 Å². The molecule has 1 aromatic rings. The van der Waals surface area contributed by atoms with Gasteiger partial charge < -0.3 is 9.84 Å². The van der Waals surface area contributed by atoms with Crippen LogP contribution >= 0.6 is 0 Å². The van der Waals surface area contributed by atoms with Crippen molar-refractivity contribution in [3.8, 4) is 0 Å². The van der Waals surface area contributed by atoms with E-state index in [2.05, 4.69) is 4.98 Å². The Morgan fingerprint density at radius 1 is 1.53 bits per heavy atom. The Morgan fingerprint density at radius 2 is 2.24 bits per heavy atom. The number of H-pyrrole nitrogens is 1. The average molecular weight is 240 g/mol. The first-order chi connectivity index (χ1) is 8.02. The smallest absolute Gasteiger partial charge is 0.330 e. The number of rotatable bonds is 2. The van der Waals surface area contributed by atoms with Gasteiger partial charge in [0.15, 0.2) is 5.78 Å². The Kier molecular flexibility index (Phi) is 2.95. The van der Waals surface area contributed by atoms with Crippen molar-refractivity contribution in [2.24, 2.45) is 0 Å². The summed E-state index contributed by atoms with van der Waals surface area (Å²) in [6, 6.07) is 0. The van der Waals surface area contributed by atoms with Crippen LogP contribution in [0.25, 0.3) is 0 Å². The summed E-state index contributed by atoms with van der Waals surface area (Å²) in [4.78, 5) is 36.2. The van der Waals surface area contributed by atoms with E-state index >= 15 is 0 Å². The molecule has 1 aromatic heterocycles. The number of nitrogens with zero attached hydrogens (tertiary/aromatic N) is 1. The maximum absolute atomic E-state index is 11.5. The normalized spacial score (nSPS) is 24.2. The van der Waals surface area contributed by atoms with Crippen LogP contribution in [0.5, 0.6) is 0 Å². The second-order valence-electron chi connectivity index (χ2n) is 3.91. The van der Waals surface area contributed by atoms with Gasteiger partial charge in [-0.1, -0.05) is 0 Å². The Morgan fingerprint density at radius 3 is 2.82 bits per heavy atom. The summed E-state index contributed by atoms with van der Waals surface area (Å²) in [5.41, 5.74) is -0.737. The van der Waals surface area contributed by atoms with Gasteiger partial charge in [0.25, 0.3) is 5.56 Å². The van der Waals surface area contributed by atoms with Crippen molar-refractivity contribution in [2.75, 3.05) is 6.61 Å². The molecule has 1 aliphatic heterocycles. The van der Waals surface area contributed by atoms with Crippen LogP contribution in [0.3, 0.4) is 0 Å². The first-order valence-electron chi connectivity index (χ1n) is 5.14. The van der Waals surface area contributed by atoms with Crippen molar-refractivity contribution in [1.29, 1.82) is 0 Å². The maximum Gasteiger partial charge on any atom is 0.330 e. The predicted molar refractivity (Wildman–Crippen MR) is 56.7 cm³/mol. The summed E-state index contributed by atoms with van der Waals surface area (Å²) >= 11 is 0. The lowest BCUT2D eigenvalue weighted by atomic mass is 10.2. The summed E-state index contributed by atoms with van der Waals surface area (Å²) < 4.78 is 6.38. The van der Waals surface area contributed by atoms with Crippen LogP contribution in [0.4, 0.5) is 0 Å². The molecule has 0 aliphatic carbocycles. The number of ether oxygens (including phenoxy) is 1. The molecule has 2 N–H and O–H groups in total. The van der Waals surface area contributed by atoms with Crippen molar-refractivity contribution >= 4 is 5.78 Å². The summed E-state index contributed by atoms with van der Waals surface area (Å²) in [5.74, 6) is -0.256. The van der Waals surface area contributed by atoms with E-state index in [4.69, 9.17) is 9.84 Å². The van der Waals surface area contributed by atoms with E-state index in [0.717, 1.165) is 4.57 Å². The molecule has 7 nitrogen and oxygen atoms in total. The third-order valence-electron chi connectivity index (χ3n) is 2.68. The number of ketones is 1. The van der Waals surface area contributed by atoms with Gasteiger partial charge in [0.1, 0.15) is 12.3 Å². The molecule has 2 heterocycles. The van der Waals surface area contributed by atoms with Gasteiger partial charge in [-0.15, -0.1) is 0 Å². The monoisotopic (exact) mass is 240 g/mol. The van der Waals surface area contributed by atoms with Crippen molar-refractivity contribution in [3.05, 3.63) is 32.6 Å². The Balaban J connectivity index is 2.37. The second kappa shape index (κ2) is 4.27. The Bertz CT molecular complexity index is 559. The van der Waals surface area contributed by atoms with E-state index in [1.54, 1.807) is 6.92 Å². The summed E-state index contributed by atoms with van der Waals surface area (Å²) in [6.07, 6.45) is -0.294. The summed E-state index contributed by atoms with van der Waals surface area (Å²) in [6.45, 7) is 1.14. The summed E-state index contributed by atoms with van der Waals surface area (Å²) in [7, 11) is 0. The molecule has 1 saturated heterocycles. The molecule has 92 valence electrons. The van der Waals surface area contributed by atoms with Crippen LogP contribution in [0.15, 0.2) is 15.8 Å². The number of aryl methyl sites for hydroxylation is 1. The van der Waals surface area contributed by atoms with Gasteiger partial charge in [-0.05, 0) is 6.92 Å². The highest BCUT2D eigenvalue weighted by atomic mass is 16.5. The first-order valence-corrected chi connectivity index (χ1v) is 5.14. The third kappa shape index (κ3) is 2.06. The number of hydrogen-bond donors (Lipinski definition) is 2. The second-order valence-corrected chi connectivity index (χ2v) is 3.91. The van der Waals surface area contributed by atoms with Gasteiger partial charge in [0, 0.05) is 11.8 Å². The molecule has 2 unspecified atom stereocenters. The number of aromatic nitrogens is 2. The van der Waals surface area contributed by atoms with E-state index in [1.807, 2.05) is 0 Å². The topological polar surface area (TPSA) is 101 Å². The number of carbonyl (C=O) groups excluding carboxylic acids is 1. The van der Waals surface area contributed by atoms with Crippen LogP contribution in [-0.2, 0) is 9.53 Å². The van der Waals surface area contributed by atoms with Crippen LogP contribution < -0.4 is 11.2 Å². The van der Waals surface area contributed by atoms with E-state index in [9.17, 15) is 14.4 Å². The van der Waals surface area contributed by atoms with Gasteiger partial charge in [0.05, 0.1) is 13.0 Å². The Labute approximate surface area is 95.7 Å². The number of aliphatic hydroxyl groups excluding tert-OH is 1. The first kappa shape index (κ1) is 11.7. The number of Topliss-reactive ketones (excluding diaryl/α,β-unsaturated/α-hetero) is 1. The molecule has 2 atom stereocenters. The molecule has 0 aromatic carbocycles. The van der Waals surface area contributed by atoms with E-state index in [1.165, 1.54) is 6.20 Å². The third-order valence-corrected chi connectivity index (χ3v) is 2.68. The number of aliphatic hydroxyl groups is 1. The highest BCUT2D eigenvalue weighted by Crippen LogP contribution is 2.23. The molecule has 1 aliphatic rings. The molecule has 17 heavy (non-hydrogen) atoms. The summed E-state index contributed by atoms with van der Waals surface area (Å²) in [5, 5.41) is 8.88. The Hall–Kier alpha value is -1.73. The van der Waals surface area contributed by atoms with Crippen LogP contribution in [-0.4, -0.2) is 33.2 Å². The van der Waals surface area contributed by atoms with Crippen molar-refractivity contribution < 1.29 is 14.6 Å². The average Bonchev–Trinajstić information content (AvgIpc) is 2.65. The van der Waals surface area contributed by atoms with Crippen molar-refractivity contribution in [1.82, 2.24) is 9.55 Å². The SMILES string of the molecule is Cc1cn(C2CC(=O)C(CO)O2)c(=O)[nH]c1=O. The quantitative estimate of drug-likeness (QED) is 0.668. The van der Waals surface area contributed by atoms with Gasteiger partial charge in [-0.25, -0.2) is 4.79 Å². The number of carbonyl (C=O) groups is 1.